The number of fused-ring (bicyclic) bond motifs is 7. The molecule has 0 N–H and O–H groups in total. The lowest BCUT2D eigenvalue weighted by molar-refractivity contribution is 0.620. The largest absolute Gasteiger partial charge is 0.456 e. The Balaban J connectivity index is 1.03. The summed E-state index contributed by atoms with van der Waals surface area (Å²) in [5, 5.41) is 4.49. The number of rotatable bonds is 6. The molecular weight excluding hydrogens is 663 g/mol. The van der Waals surface area contributed by atoms with Crippen LogP contribution in [0.5, 0.6) is 0 Å². The first-order valence-electron chi connectivity index (χ1n) is 18.1. The zero-order valence-electron chi connectivity index (χ0n) is 29.1. The highest BCUT2D eigenvalue weighted by molar-refractivity contribution is 6.15. The van der Waals surface area contributed by atoms with Crippen molar-refractivity contribution in [2.45, 2.75) is 0 Å². The third kappa shape index (κ3) is 4.83. The number of anilines is 3. The molecule has 0 saturated carbocycles. The second-order valence-electron chi connectivity index (χ2n) is 13.6. The first kappa shape index (κ1) is 30.3. The van der Waals surface area contributed by atoms with E-state index in [1.165, 1.54) is 21.8 Å². The molecule has 3 aromatic heterocycles. The maximum atomic E-state index is 6.42. The van der Waals surface area contributed by atoms with Crippen LogP contribution < -0.4 is 4.90 Å². The SMILES string of the molecule is c1ccc(-c2nc3cc4oc5cccc(-c6ccc(N(c7ccccc7)c7ccc8c(c7)c7ccccc7n8-c7ccccc7)cc6)c5c4cc3o2)cc1. The Labute approximate surface area is 310 Å². The molecule has 0 unspecified atom stereocenters. The first-order valence-corrected chi connectivity index (χ1v) is 18.1. The van der Waals surface area contributed by atoms with Crippen LogP contribution in [0.4, 0.5) is 17.1 Å². The lowest BCUT2D eigenvalue weighted by Crippen LogP contribution is -2.09. The highest BCUT2D eigenvalue weighted by atomic mass is 16.4. The monoisotopic (exact) mass is 693 g/mol. The smallest absolute Gasteiger partial charge is 0.227 e. The molecule has 0 aliphatic rings. The van der Waals surface area contributed by atoms with E-state index in [0.29, 0.717) is 5.89 Å². The fraction of sp³-hybridized carbons (Fsp3) is 0. The van der Waals surface area contributed by atoms with E-state index in [9.17, 15) is 0 Å². The second-order valence-corrected chi connectivity index (χ2v) is 13.6. The summed E-state index contributed by atoms with van der Waals surface area (Å²) in [6, 6.07) is 65.7. The third-order valence-corrected chi connectivity index (χ3v) is 10.4. The van der Waals surface area contributed by atoms with Crippen LogP contribution in [0.2, 0.25) is 0 Å². The topological polar surface area (TPSA) is 47.3 Å². The molecule has 0 atom stereocenters. The number of para-hydroxylation sites is 3. The van der Waals surface area contributed by atoms with Gasteiger partial charge in [-0.1, -0.05) is 97.1 Å². The van der Waals surface area contributed by atoms with Gasteiger partial charge in [0.05, 0.1) is 11.0 Å². The van der Waals surface area contributed by atoms with Crippen molar-refractivity contribution in [1.82, 2.24) is 9.55 Å². The molecule has 0 fully saturated rings. The van der Waals surface area contributed by atoms with E-state index in [-0.39, 0.29) is 0 Å². The van der Waals surface area contributed by atoms with Crippen LogP contribution >= 0.6 is 0 Å². The normalized spacial score (nSPS) is 11.7. The number of benzene rings is 8. The van der Waals surface area contributed by atoms with E-state index in [0.717, 1.165) is 72.5 Å². The predicted molar refractivity (Wildman–Crippen MR) is 221 cm³/mol. The molecule has 0 amide bonds. The predicted octanol–water partition coefficient (Wildman–Crippen LogP) is 13.6. The molecule has 5 nitrogen and oxygen atoms in total. The maximum Gasteiger partial charge on any atom is 0.227 e. The molecule has 54 heavy (non-hydrogen) atoms. The lowest BCUT2D eigenvalue weighted by atomic mass is 9.99. The summed E-state index contributed by atoms with van der Waals surface area (Å²) in [6.07, 6.45) is 0. The number of furan rings is 1. The van der Waals surface area contributed by atoms with Gasteiger partial charge in [0.2, 0.25) is 5.89 Å². The van der Waals surface area contributed by atoms with E-state index >= 15 is 0 Å². The number of hydrogen-bond donors (Lipinski definition) is 0. The van der Waals surface area contributed by atoms with Gasteiger partial charge in [-0.05, 0) is 96.1 Å². The van der Waals surface area contributed by atoms with Gasteiger partial charge in [-0.3, -0.25) is 0 Å². The third-order valence-electron chi connectivity index (χ3n) is 10.4. The van der Waals surface area contributed by atoms with Crippen molar-refractivity contribution in [2.75, 3.05) is 4.90 Å². The summed E-state index contributed by atoms with van der Waals surface area (Å²) < 4.78 is 15.0. The van der Waals surface area contributed by atoms with Crippen LogP contribution in [0.3, 0.4) is 0 Å². The van der Waals surface area contributed by atoms with Crippen molar-refractivity contribution >= 4 is 71.9 Å². The summed E-state index contributed by atoms with van der Waals surface area (Å²) in [7, 11) is 0. The van der Waals surface area contributed by atoms with Gasteiger partial charge in [0.25, 0.3) is 0 Å². The Morgan fingerprint density at radius 3 is 1.93 bits per heavy atom. The van der Waals surface area contributed by atoms with Gasteiger partial charge in [-0.15, -0.1) is 0 Å². The zero-order chi connectivity index (χ0) is 35.6. The standard InChI is InChI=1S/C49H31N3O2/c1-4-13-33(14-5-1)49-50-42-31-46-41(30-47(42)54-49)48-38(20-12-22-45(48)53-46)32-23-25-36(26-24-32)51(34-15-6-2-7-16-34)37-27-28-44-40(29-37)39-19-10-11-21-43(39)52(44)35-17-8-3-9-18-35/h1-31H. The van der Waals surface area contributed by atoms with Crippen molar-refractivity contribution in [1.29, 1.82) is 0 Å². The van der Waals surface area contributed by atoms with Crippen LogP contribution in [0.15, 0.2) is 197 Å². The van der Waals surface area contributed by atoms with Crippen LogP contribution in [0, 0.1) is 0 Å². The van der Waals surface area contributed by atoms with Gasteiger partial charge in [-0.25, -0.2) is 4.98 Å². The fourth-order valence-electron chi connectivity index (χ4n) is 7.96. The molecule has 5 heteroatoms. The molecule has 11 aromatic rings. The summed E-state index contributed by atoms with van der Waals surface area (Å²) in [6.45, 7) is 0. The molecule has 0 saturated heterocycles. The van der Waals surface area contributed by atoms with Crippen molar-refractivity contribution in [3.63, 3.8) is 0 Å². The molecule has 0 aliphatic carbocycles. The molecule has 0 aliphatic heterocycles. The van der Waals surface area contributed by atoms with Gasteiger partial charge < -0.3 is 18.3 Å². The number of oxazole rings is 1. The first-order chi connectivity index (χ1) is 26.8. The second kappa shape index (κ2) is 12.1. The number of nitrogens with zero attached hydrogens (tertiary/aromatic N) is 3. The van der Waals surface area contributed by atoms with Crippen LogP contribution in [0.1, 0.15) is 0 Å². The molecule has 254 valence electrons. The molecular formula is C49H31N3O2. The fourth-order valence-corrected chi connectivity index (χ4v) is 7.96. The Kier molecular flexibility index (Phi) is 6.79. The average molecular weight is 694 g/mol. The van der Waals surface area contributed by atoms with Gasteiger partial charge in [-0.2, -0.15) is 0 Å². The van der Waals surface area contributed by atoms with Crippen molar-refractivity contribution in [3.05, 3.63) is 188 Å². The van der Waals surface area contributed by atoms with E-state index in [1.807, 2.05) is 42.5 Å². The van der Waals surface area contributed by atoms with Crippen LogP contribution in [0.25, 0.3) is 83.1 Å². The molecule has 0 bridgehead atoms. The minimum absolute atomic E-state index is 0.599. The van der Waals surface area contributed by atoms with Crippen molar-refractivity contribution < 1.29 is 8.83 Å². The minimum atomic E-state index is 0.599. The summed E-state index contributed by atoms with van der Waals surface area (Å²) in [5.41, 5.74) is 13.0. The Morgan fingerprint density at radius 2 is 1.11 bits per heavy atom. The van der Waals surface area contributed by atoms with E-state index < -0.39 is 0 Å². The summed E-state index contributed by atoms with van der Waals surface area (Å²) >= 11 is 0. The zero-order valence-corrected chi connectivity index (χ0v) is 29.1. The molecule has 8 aromatic carbocycles. The Hall–Kier alpha value is -7.37. The average Bonchev–Trinajstić information content (AvgIpc) is 3.92. The van der Waals surface area contributed by atoms with Gasteiger partial charge in [0, 0.05) is 55.9 Å². The summed E-state index contributed by atoms with van der Waals surface area (Å²) in [4.78, 5) is 7.10. The van der Waals surface area contributed by atoms with Gasteiger partial charge in [0.1, 0.15) is 16.7 Å². The van der Waals surface area contributed by atoms with E-state index in [4.69, 9.17) is 13.8 Å². The maximum absolute atomic E-state index is 6.42. The van der Waals surface area contributed by atoms with E-state index in [1.54, 1.807) is 0 Å². The van der Waals surface area contributed by atoms with Crippen LogP contribution in [-0.4, -0.2) is 9.55 Å². The Morgan fingerprint density at radius 1 is 0.426 bits per heavy atom. The lowest BCUT2D eigenvalue weighted by Gasteiger charge is -2.26. The molecule has 3 heterocycles. The summed E-state index contributed by atoms with van der Waals surface area (Å²) in [5.74, 6) is 0.599. The van der Waals surface area contributed by atoms with Crippen molar-refractivity contribution in [3.8, 4) is 28.3 Å². The molecule has 0 spiro atoms. The van der Waals surface area contributed by atoms with E-state index in [2.05, 4.69) is 155 Å². The van der Waals surface area contributed by atoms with Gasteiger partial charge in [0.15, 0.2) is 5.58 Å². The quantitative estimate of drug-likeness (QED) is 0.174. The Bertz CT molecular complexity index is 3140. The van der Waals surface area contributed by atoms with Crippen LogP contribution in [-0.2, 0) is 0 Å². The number of aromatic nitrogens is 2. The van der Waals surface area contributed by atoms with Crippen molar-refractivity contribution in [2.24, 2.45) is 0 Å². The highest BCUT2D eigenvalue weighted by Crippen LogP contribution is 2.42. The number of hydrogen-bond acceptors (Lipinski definition) is 4. The van der Waals surface area contributed by atoms with Gasteiger partial charge >= 0.3 is 0 Å². The minimum Gasteiger partial charge on any atom is -0.456 e. The highest BCUT2D eigenvalue weighted by Gasteiger charge is 2.19. The molecule has 0 radical (unpaired) electrons. The molecule has 11 rings (SSSR count).